The Morgan fingerprint density at radius 1 is 1.50 bits per heavy atom. The highest BCUT2D eigenvalue weighted by Gasteiger charge is 2.24. The molecule has 4 heteroatoms. The molecular formula is C12H25N3O. The zero-order valence-corrected chi connectivity index (χ0v) is 10.8. The molecule has 0 aromatic carbocycles. The third kappa shape index (κ3) is 3.76. The molecule has 1 aliphatic heterocycles. The molecular weight excluding hydrogens is 202 g/mol. The molecule has 0 spiro atoms. The van der Waals surface area contributed by atoms with Gasteiger partial charge in [0, 0.05) is 12.6 Å². The van der Waals surface area contributed by atoms with E-state index in [1.807, 2.05) is 13.8 Å². The van der Waals surface area contributed by atoms with Crippen molar-refractivity contribution >= 4 is 5.91 Å². The fourth-order valence-corrected chi connectivity index (χ4v) is 2.23. The van der Waals surface area contributed by atoms with Crippen molar-refractivity contribution in [3.05, 3.63) is 0 Å². The highest BCUT2D eigenvalue weighted by atomic mass is 16.2. The van der Waals surface area contributed by atoms with Gasteiger partial charge in [-0.25, -0.2) is 0 Å². The van der Waals surface area contributed by atoms with Gasteiger partial charge in [-0.15, -0.1) is 0 Å². The van der Waals surface area contributed by atoms with Crippen LogP contribution < -0.4 is 10.6 Å². The number of hydrogen-bond acceptors (Lipinski definition) is 3. The predicted octanol–water partition coefficient (Wildman–Crippen LogP) is 0.585. The number of nitrogens with zero attached hydrogens (tertiary/aromatic N) is 1. The summed E-state index contributed by atoms with van der Waals surface area (Å²) in [6, 6.07) is 0.510. The van der Waals surface area contributed by atoms with Gasteiger partial charge in [-0.05, 0) is 53.2 Å². The summed E-state index contributed by atoms with van der Waals surface area (Å²) in [6.07, 6.45) is 3.53. The first kappa shape index (κ1) is 13.5. The molecule has 94 valence electrons. The fraction of sp³-hybridized carbons (Fsp3) is 0.917. The zero-order chi connectivity index (χ0) is 12.0. The highest BCUT2D eigenvalue weighted by Crippen LogP contribution is 2.14. The maximum absolute atomic E-state index is 11.7. The second-order valence-corrected chi connectivity index (χ2v) is 4.57. The largest absolute Gasteiger partial charge is 0.355 e. The number of nitrogens with one attached hydrogen (secondary N) is 2. The first-order valence-corrected chi connectivity index (χ1v) is 6.37. The Morgan fingerprint density at radius 3 is 2.94 bits per heavy atom. The van der Waals surface area contributed by atoms with Crippen LogP contribution in [0.15, 0.2) is 0 Å². The summed E-state index contributed by atoms with van der Waals surface area (Å²) in [7, 11) is 2.07. The zero-order valence-electron chi connectivity index (χ0n) is 10.8. The molecule has 16 heavy (non-hydrogen) atoms. The van der Waals surface area contributed by atoms with E-state index in [-0.39, 0.29) is 11.9 Å². The van der Waals surface area contributed by atoms with E-state index in [1.54, 1.807) is 0 Å². The minimum atomic E-state index is -0.0250. The summed E-state index contributed by atoms with van der Waals surface area (Å²) < 4.78 is 0. The van der Waals surface area contributed by atoms with Gasteiger partial charge < -0.3 is 10.6 Å². The summed E-state index contributed by atoms with van der Waals surface area (Å²) >= 11 is 0. The van der Waals surface area contributed by atoms with E-state index in [4.69, 9.17) is 0 Å². The monoisotopic (exact) mass is 227 g/mol. The number of carbonyl (C=O) groups excluding carboxylic acids is 1. The van der Waals surface area contributed by atoms with Crippen molar-refractivity contribution in [2.24, 2.45) is 0 Å². The minimum Gasteiger partial charge on any atom is -0.355 e. The van der Waals surface area contributed by atoms with E-state index in [0.29, 0.717) is 12.6 Å². The first-order valence-electron chi connectivity index (χ1n) is 6.37. The molecule has 2 atom stereocenters. The van der Waals surface area contributed by atoms with Gasteiger partial charge in [0.05, 0.1) is 6.04 Å². The predicted molar refractivity (Wildman–Crippen MR) is 66.4 cm³/mol. The van der Waals surface area contributed by atoms with Gasteiger partial charge >= 0.3 is 0 Å². The van der Waals surface area contributed by atoms with E-state index < -0.39 is 0 Å². The fourth-order valence-electron chi connectivity index (χ4n) is 2.23. The van der Waals surface area contributed by atoms with Gasteiger partial charge in [0.2, 0.25) is 5.91 Å². The Bertz CT molecular complexity index is 212. The molecule has 0 saturated carbocycles. The highest BCUT2D eigenvalue weighted by molar-refractivity contribution is 5.81. The van der Waals surface area contributed by atoms with E-state index in [1.165, 1.54) is 12.8 Å². The number of rotatable bonds is 4. The lowest BCUT2D eigenvalue weighted by atomic mass is 10.1. The molecule has 0 radical (unpaired) electrons. The lowest BCUT2D eigenvalue weighted by Gasteiger charge is -2.31. The van der Waals surface area contributed by atoms with Gasteiger partial charge in [0.15, 0.2) is 0 Å². The Hall–Kier alpha value is -0.610. The maximum Gasteiger partial charge on any atom is 0.237 e. The van der Waals surface area contributed by atoms with Crippen LogP contribution in [0.2, 0.25) is 0 Å². The van der Waals surface area contributed by atoms with Crippen LogP contribution in [0.4, 0.5) is 0 Å². The van der Waals surface area contributed by atoms with Crippen LogP contribution in [-0.4, -0.2) is 49.6 Å². The second kappa shape index (κ2) is 6.86. The van der Waals surface area contributed by atoms with Crippen molar-refractivity contribution in [1.29, 1.82) is 0 Å². The molecule has 0 aliphatic carbocycles. The van der Waals surface area contributed by atoms with E-state index in [2.05, 4.69) is 22.6 Å². The summed E-state index contributed by atoms with van der Waals surface area (Å²) in [6.45, 7) is 6.84. The topological polar surface area (TPSA) is 44.4 Å². The van der Waals surface area contributed by atoms with Crippen molar-refractivity contribution in [2.75, 3.05) is 26.7 Å². The first-order chi connectivity index (χ1) is 7.66. The van der Waals surface area contributed by atoms with Crippen LogP contribution >= 0.6 is 0 Å². The van der Waals surface area contributed by atoms with Crippen LogP contribution in [0.25, 0.3) is 0 Å². The summed E-state index contributed by atoms with van der Waals surface area (Å²) in [4.78, 5) is 14.0. The molecule has 1 aliphatic rings. The maximum atomic E-state index is 11.7. The Kier molecular flexibility index (Phi) is 5.77. The van der Waals surface area contributed by atoms with Crippen LogP contribution in [0.3, 0.4) is 0 Å². The molecule has 4 nitrogen and oxygen atoms in total. The molecule has 1 rings (SSSR count). The number of likely N-dealkylation sites (N-methyl/N-ethyl adjacent to an activating group) is 2. The van der Waals surface area contributed by atoms with Crippen molar-refractivity contribution < 1.29 is 4.79 Å². The van der Waals surface area contributed by atoms with Gasteiger partial charge in [-0.2, -0.15) is 0 Å². The molecule has 1 amide bonds. The molecule has 1 saturated heterocycles. The summed E-state index contributed by atoms with van der Waals surface area (Å²) in [5.41, 5.74) is 0. The van der Waals surface area contributed by atoms with E-state index in [0.717, 1.165) is 19.5 Å². The van der Waals surface area contributed by atoms with Crippen molar-refractivity contribution in [2.45, 2.75) is 45.2 Å². The Labute approximate surface area is 98.8 Å². The number of amides is 1. The third-order valence-corrected chi connectivity index (χ3v) is 3.46. The third-order valence-electron chi connectivity index (χ3n) is 3.46. The van der Waals surface area contributed by atoms with Crippen LogP contribution in [-0.2, 0) is 4.79 Å². The molecule has 0 aromatic rings. The average Bonchev–Trinajstić information content (AvgIpc) is 2.56. The van der Waals surface area contributed by atoms with Crippen LogP contribution in [0.5, 0.6) is 0 Å². The van der Waals surface area contributed by atoms with Crippen LogP contribution in [0.1, 0.15) is 33.1 Å². The SMILES string of the molecule is CCNC(=O)C(C)N(C)C1CCCNCC1. The molecule has 1 heterocycles. The summed E-state index contributed by atoms with van der Waals surface area (Å²) in [5, 5.41) is 6.28. The molecule has 0 bridgehead atoms. The lowest BCUT2D eigenvalue weighted by Crippen LogP contribution is -2.47. The lowest BCUT2D eigenvalue weighted by molar-refractivity contribution is -0.126. The van der Waals surface area contributed by atoms with E-state index in [9.17, 15) is 4.79 Å². The van der Waals surface area contributed by atoms with Gasteiger partial charge in [0.25, 0.3) is 0 Å². The normalized spacial score (nSPS) is 23.9. The smallest absolute Gasteiger partial charge is 0.237 e. The number of hydrogen-bond donors (Lipinski definition) is 2. The van der Waals surface area contributed by atoms with Gasteiger partial charge in [-0.3, -0.25) is 9.69 Å². The summed E-state index contributed by atoms with van der Waals surface area (Å²) in [5.74, 6) is 0.141. The van der Waals surface area contributed by atoms with Crippen molar-refractivity contribution in [1.82, 2.24) is 15.5 Å². The van der Waals surface area contributed by atoms with Crippen molar-refractivity contribution in [3.8, 4) is 0 Å². The van der Waals surface area contributed by atoms with Gasteiger partial charge in [-0.1, -0.05) is 0 Å². The Morgan fingerprint density at radius 2 is 2.25 bits per heavy atom. The van der Waals surface area contributed by atoms with E-state index >= 15 is 0 Å². The molecule has 2 N–H and O–H groups in total. The van der Waals surface area contributed by atoms with Crippen LogP contribution in [0, 0.1) is 0 Å². The minimum absolute atomic E-state index is 0.0250. The Balaban J connectivity index is 2.47. The average molecular weight is 227 g/mol. The van der Waals surface area contributed by atoms with Gasteiger partial charge in [0.1, 0.15) is 0 Å². The molecule has 2 unspecified atom stereocenters. The quantitative estimate of drug-likeness (QED) is 0.738. The standard InChI is InChI=1S/C12H25N3O/c1-4-14-12(16)10(2)15(3)11-6-5-8-13-9-7-11/h10-11,13H,4-9H2,1-3H3,(H,14,16). The second-order valence-electron chi connectivity index (χ2n) is 4.57. The molecule has 1 fully saturated rings. The van der Waals surface area contributed by atoms with Crippen molar-refractivity contribution in [3.63, 3.8) is 0 Å². The number of carbonyl (C=O) groups is 1. The molecule has 0 aromatic heterocycles.